The van der Waals surface area contributed by atoms with E-state index in [1.807, 2.05) is 39.0 Å². The molecule has 1 heterocycles. The van der Waals surface area contributed by atoms with Gasteiger partial charge in [-0.3, -0.25) is 4.79 Å². The zero-order chi connectivity index (χ0) is 21.9. The van der Waals surface area contributed by atoms with E-state index in [0.29, 0.717) is 16.9 Å². The van der Waals surface area contributed by atoms with Crippen LogP contribution in [0.1, 0.15) is 51.3 Å². The van der Waals surface area contributed by atoms with Crippen molar-refractivity contribution in [2.75, 3.05) is 0 Å². The molecule has 0 saturated heterocycles. The van der Waals surface area contributed by atoms with Gasteiger partial charge in [-0.25, -0.2) is 13.1 Å². The highest BCUT2D eigenvalue weighted by molar-refractivity contribution is 7.89. The summed E-state index contributed by atoms with van der Waals surface area (Å²) >= 11 is 0. The standard InChI is InChI=1S/C23H26N2O4S/c1-15-7-8-16(2)21(12-15)18(4)25-23(26)22-13-20(10-9-17(22)3)30(27,28)24-14-19-6-5-11-29-19/h5-13,18,24H,14H2,1-4H3,(H,25,26). The van der Waals surface area contributed by atoms with Gasteiger partial charge in [-0.15, -0.1) is 0 Å². The lowest BCUT2D eigenvalue weighted by Crippen LogP contribution is -2.28. The van der Waals surface area contributed by atoms with Gasteiger partial charge < -0.3 is 9.73 Å². The average Bonchev–Trinajstić information content (AvgIpc) is 3.22. The van der Waals surface area contributed by atoms with E-state index in [-0.39, 0.29) is 23.4 Å². The third kappa shape index (κ3) is 4.98. The first-order valence-electron chi connectivity index (χ1n) is 9.68. The largest absolute Gasteiger partial charge is 0.468 e. The van der Waals surface area contributed by atoms with Gasteiger partial charge in [-0.1, -0.05) is 29.8 Å². The number of nitrogens with one attached hydrogen (secondary N) is 2. The molecule has 0 aliphatic rings. The van der Waals surface area contributed by atoms with Crippen molar-refractivity contribution in [3.63, 3.8) is 0 Å². The molecular formula is C23H26N2O4S. The number of rotatable bonds is 7. The normalized spacial score (nSPS) is 12.5. The molecule has 2 N–H and O–H groups in total. The molecule has 7 heteroatoms. The Morgan fingerprint density at radius 3 is 2.47 bits per heavy atom. The third-order valence-electron chi connectivity index (χ3n) is 5.03. The van der Waals surface area contributed by atoms with Crippen LogP contribution in [0.4, 0.5) is 0 Å². The summed E-state index contributed by atoms with van der Waals surface area (Å²) in [6, 6.07) is 13.8. The predicted octanol–water partition coefficient (Wildman–Crippen LogP) is 4.17. The minimum Gasteiger partial charge on any atom is -0.468 e. The molecule has 1 unspecified atom stereocenters. The monoisotopic (exact) mass is 426 g/mol. The summed E-state index contributed by atoms with van der Waals surface area (Å²) in [4.78, 5) is 13.0. The topological polar surface area (TPSA) is 88.4 Å². The van der Waals surface area contributed by atoms with E-state index in [9.17, 15) is 13.2 Å². The summed E-state index contributed by atoms with van der Waals surface area (Å²) in [5.74, 6) is 0.190. The Hall–Kier alpha value is -2.90. The van der Waals surface area contributed by atoms with Gasteiger partial charge in [0.15, 0.2) is 0 Å². The van der Waals surface area contributed by atoms with E-state index in [1.54, 1.807) is 25.1 Å². The van der Waals surface area contributed by atoms with Crippen LogP contribution in [-0.2, 0) is 16.6 Å². The Morgan fingerprint density at radius 2 is 1.77 bits per heavy atom. The van der Waals surface area contributed by atoms with Crippen molar-refractivity contribution in [2.24, 2.45) is 0 Å². The molecule has 0 saturated carbocycles. The second kappa shape index (κ2) is 8.85. The molecule has 1 amide bonds. The van der Waals surface area contributed by atoms with Crippen LogP contribution in [0.5, 0.6) is 0 Å². The molecule has 0 fully saturated rings. The van der Waals surface area contributed by atoms with Gasteiger partial charge in [0, 0.05) is 5.56 Å². The maximum absolute atomic E-state index is 12.9. The van der Waals surface area contributed by atoms with E-state index in [0.717, 1.165) is 16.7 Å². The van der Waals surface area contributed by atoms with E-state index in [1.165, 1.54) is 18.4 Å². The van der Waals surface area contributed by atoms with Crippen molar-refractivity contribution < 1.29 is 17.6 Å². The van der Waals surface area contributed by atoms with Crippen molar-refractivity contribution in [3.05, 3.63) is 88.4 Å². The fourth-order valence-corrected chi connectivity index (χ4v) is 4.27. The van der Waals surface area contributed by atoms with Gasteiger partial charge in [0.2, 0.25) is 10.0 Å². The summed E-state index contributed by atoms with van der Waals surface area (Å²) in [5, 5.41) is 2.99. The van der Waals surface area contributed by atoms with Gasteiger partial charge >= 0.3 is 0 Å². The number of carbonyl (C=O) groups excluding carboxylic acids is 1. The Morgan fingerprint density at radius 1 is 1.03 bits per heavy atom. The van der Waals surface area contributed by atoms with E-state index in [2.05, 4.69) is 10.0 Å². The number of sulfonamides is 1. The SMILES string of the molecule is Cc1ccc(C)c(C(C)NC(=O)c2cc(S(=O)(=O)NCc3ccco3)ccc2C)c1. The number of amides is 1. The summed E-state index contributed by atoms with van der Waals surface area (Å²) in [5.41, 5.74) is 4.26. The first-order chi connectivity index (χ1) is 14.2. The van der Waals surface area contributed by atoms with Crippen LogP contribution in [0.25, 0.3) is 0 Å². The number of hydrogen-bond donors (Lipinski definition) is 2. The summed E-state index contributed by atoms with van der Waals surface area (Å²) < 4.78 is 33.0. The fraction of sp³-hybridized carbons (Fsp3) is 0.261. The first kappa shape index (κ1) is 21.8. The molecule has 3 rings (SSSR count). The van der Waals surface area contributed by atoms with Crippen LogP contribution in [0, 0.1) is 20.8 Å². The second-order valence-corrected chi connectivity index (χ2v) is 9.20. The van der Waals surface area contributed by atoms with E-state index in [4.69, 9.17) is 4.42 Å². The molecule has 158 valence electrons. The zero-order valence-electron chi connectivity index (χ0n) is 17.5. The average molecular weight is 427 g/mol. The van der Waals surface area contributed by atoms with Crippen LogP contribution in [-0.4, -0.2) is 14.3 Å². The third-order valence-corrected chi connectivity index (χ3v) is 6.43. The summed E-state index contributed by atoms with van der Waals surface area (Å²) in [6.45, 7) is 7.74. The van der Waals surface area contributed by atoms with Crippen LogP contribution in [0.15, 0.2) is 64.1 Å². The molecular weight excluding hydrogens is 400 g/mol. The minimum absolute atomic E-state index is 0.0317. The van der Waals surface area contributed by atoms with Crippen LogP contribution in [0.3, 0.4) is 0 Å². The quantitative estimate of drug-likeness (QED) is 0.593. The molecule has 2 aromatic carbocycles. The van der Waals surface area contributed by atoms with Crippen molar-refractivity contribution in [1.29, 1.82) is 0 Å². The summed E-state index contributed by atoms with van der Waals surface area (Å²) in [7, 11) is -3.79. The lowest BCUT2D eigenvalue weighted by atomic mass is 9.99. The molecule has 0 bridgehead atoms. The van der Waals surface area contributed by atoms with Crippen molar-refractivity contribution in [3.8, 4) is 0 Å². The number of hydrogen-bond acceptors (Lipinski definition) is 4. The van der Waals surface area contributed by atoms with E-state index >= 15 is 0 Å². The molecule has 6 nitrogen and oxygen atoms in total. The lowest BCUT2D eigenvalue weighted by molar-refractivity contribution is 0.0939. The Kier molecular flexibility index (Phi) is 6.43. The molecule has 0 aliphatic heterocycles. The smallest absolute Gasteiger partial charge is 0.252 e. The maximum atomic E-state index is 12.9. The predicted molar refractivity (Wildman–Crippen MR) is 116 cm³/mol. The molecule has 30 heavy (non-hydrogen) atoms. The van der Waals surface area contributed by atoms with Gasteiger partial charge in [0.05, 0.1) is 23.7 Å². The number of carbonyl (C=O) groups is 1. The Labute approximate surface area is 177 Å². The Bertz CT molecular complexity index is 1150. The number of benzene rings is 2. The first-order valence-corrected chi connectivity index (χ1v) is 11.2. The summed E-state index contributed by atoms with van der Waals surface area (Å²) in [6.07, 6.45) is 1.48. The second-order valence-electron chi connectivity index (χ2n) is 7.44. The van der Waals surface area contributed by atoms with Crippen LogP contribution in [0.2, 0.25) is 0 Å². The van der Waals surface area contributed by atoms with Gasteiger partial charge in [-0.05, 0) is 68.7 Å². The highest BCUT2D eigenvalue weighted by atomic mass is 32.2. The highest BCUT2D eigenvalue weighted by Gasteiger charge is 2.20. The van der Waals surface area contributed by atoms with E-state index < -0.39 is 10.0 Å². The molecule has 3 aromatic rings. The van der Waals surface area contributed by atoms with Gasteiger partial charge in [-0.2, -0.15) is 0 Å². The molecule has 1 atom stereocenters. The number of furan rings is 1. The minimum atomic E-state index is -3.79. The fourth-order valence-electron chi connectivity index (χ4n) is 3.25. The molecule has 0 radical (unpaired) electrons. The Balaban J connectivity index is 1.80. The van der Waals surface area contributed by atoms with Crippen molar-refractivity contribution >= 4 is 15.9 Å². The maximum Gasteiger partial charge on any atom is 0.252 e. The van der Waals surface area contributed by atoms with Gasteiger partial charge in [0.25, 0.3) is 5.91 Å². The molecule has 0 aliphatic carbocycles. The molecule has 1 aromatic heterocycles. The van der Waals surface area contributed by atoms with Crippen LogP contribution < -0.4 is 10.0 Å². The molecule has 0 spiro atoms. The van der Waals surface area contributed by atoms with Crippen molar-refractivity contribution in [1.82, 2.24) is 10.0 Å². The van der Waals surface area contributed by atoms with Crippen molar-refractivity contribution in [2.45, 2.75) is 45.2 Å². The zero-order valence-corrected chi connectivity index (χ0v) is 18.3. The van der Waals surface area contributed by atoms with Gasteiger partial charge in [0.1, 0.15) is 5.76 Å². The van der Waals surface area contributed by atoms with Crippen LogP contribution >= 0.6 is 0 Å². The number of aryl methyl sites for hydroxylation is 3. The highest BCUT2D eigenvalue weighted by Crippen LogP contribution is 2.21. The lowest BCUT2D eigenvalue weighted by Gasteiger charge is -2.18.